The van der Waals surface area contributed by atoms with E-state index in [9.17, 15) is 9.90 Å². The van der Waals surface area contributed by atoms with Crippen molar-refractivity contribution in [1.82, 2.24) is 20.2 Å². The number of aliphatic hydroxyl groups is 1. The number of hydrogen-bond donors (Lipinski definition) is 2. The van der Waals surface area contributed by atoms with E-state index in [1.54, 1.807) is 0 Å². The minimum absolute atomic E-state index is 0.0798. The van der Waals surface area contributed by atoms with Crippen LogP contribution in [0.5, 0.6) is 0 Å². The highest BCUT2D eigenvalue weighted by atomic mass is 16.3. The fraction of sp³-hybridized carbons (Fsp3) is 0.500. The highest BCUT2D eigenvalue weighted by Gasteiger charge is 2.50. The number of carbonyl (C=O) groups excluding carboxylic acids is 1. The Balaban J connectivity index is 1.46. The Labute approximate surface area is 165 Å². The van der Waals surface area contributed by atoms with Gasteiger partial charge >= 0.3 is 0 Å². The van der Waals surface area contributed by atoms with E-state index in [-0.39, 0.29) is 17.9 Å². The van der Waals surface area contributed by atoms with Crippen molar-refractivity contribution in [2.24, 2.45) is 5.41 Å². The largest absolute Gasteiger partial charge is 0.395 e. The third-order valence-corrected chi connectivity index (χ3v) is 6.82. The van der Waals surface area contributed by atoms with Gasteiger partial charge in [0.15, 0.2) is 5.82 Å². The zero-order valence-electron chi connectivity index (χ0n) is 16.0. The van der Waals surface area contributed by atoms with Gasteiger partial charge in [0.2, 0.25) is 5.91 Å². The molecule has 1 atom stereocenters. The Hall–Kier alpha value is -2.31. The maximum absolute atomic E-state index is 13.2. The monoisotopic (exact) mass is 378 g/mol. The van der Waals surface area contributed by atoms with Crippen molar-refractivity contribution in [3.63, 3.8) is 0 Å². The number of nitrogens with zero attached hydrogens (tertiary/aromatic N) is 3. The molecule has 2 saturated heterocycles. The van der Waals surface area contributed by atoms with E-state index < -0.39 is 5.41 Å². The van der Waals surface area contributed by atoms with E-state index in [4.69, 9.17) is 4.98 Å². The molecule has 5 rings (SSSR count). The van der Waals surface area contributed by atoms with Crippen LogP contribution in [0.15, 0.2) is 36.5 Å². The number of aromatic nitrogens is 2. The SMILES string of the molecule is O=C(N1CCCC2(CCc3cnc(-c4ccccc4)nc32)C1)C1(CO)CNC1. The zero-order valence-corrected chi connectivity index (χ0v) is 16.0. The van der Waals surface area contributed by atoms with Gasteiger partial charge in [-0.1, -0.05) is 30.3 Å². The fourth-order valence-corrected chi connectivity index (χ4v) is 5.06. The van der Waals surface area contributed by atoms with Crippen LogP contribution >= 0.6 is 0 Å². The van der Waals surface area contributed by atoms with Gasteiger partial charge in [-0.2, -0.15) is 0 Å². The molecular formula is C22H26N4O2. The minimum Gasteiger partial charge on any atom is -0.395 e. The van der Waals surface area contributed by atoms with Crippen LogP contribution in [0.1, 0.15) is 30.5 Å². The number of piperidine rings is 1. The Morgan fingerprint density at radius 1 is 1.21 bits per heavy atom. The van der Waals surface area contributed by atoms with Crippen LogP contribution in [0.3, 0.4) is 0 Å². The molecule has 1 aliphatic carbocycles. The van der Waals surface area contributed by atoms with Crippen molar-refractivity contribution >= 4 is 5.91 Å². The number of hydrogen-bond acceptors (Lipinski definition) is 5. The molecule has 28 heavy (non-hydrogen) atoms. The number of aryl methyl sites for hydroxylation is 1. The average molecular weight is 378 g/mol. The van der Waals surface area contributed by atoms with Gasteiger partial charge in [0.25, 0.3) is 0 Å². The normalized spacial score (nSPS) is 25.4. The van der Waals surface area contributed by atoms with E-state index in [2.05, 4.69) is 10.3 Å². The lowest BCUT2D eigenvalue weighted by molar-refractivity contribution is -0.150. The summed E-state index contributed by atoms with van der Waals surface area (Å²) in [5, 5.41) is 13.0. The van der Waals surface area contributed by atoms with Crippen molar-refractivity contribution in [2.75, 3.05) is 32.8 Å². The number of likely N-dealkylation sites (tertiary alicyclic amines) is 1. The highest BCUT2D eigenvalue weighted by molar-refractivity contribution is 5.85. The van der Waals surface area contributed by atoms with Crippen LogP contribution in [0.4, 0.5) is 0 Å². The van der Waals surface area contributed by atoms with Crippen molar-refractivity contribution in [1.29, 1.82) is 0 Å². The van der Waals surface area contributed by atoms with E-state index in [0.717, 1.165) is 49.3 Å². The second-order valence-corrected chi connectivity index (χ2v) is 8.59. The molecule has 0 radical (unpaired) electrons. The standard InChI is InChI=1S/C22H26N4O2/c27-15-22(12-23-13-22)20(28)26-10-4-8-21(14-26)9-7-17-11-24-19(25-18(17)21)16-5-2-1-3-6-16/h1-3,5-6,11,23,27H,4,7-10,12-15H2. The molecule has 2 aromatic rings. The van der Waals surface area contributed by atoms with Gasteiger partial charge in [-0.3, -0.25) is 4.79 Å². The van der Waals surface area contributed by atoms with Gasteiger partial charge in [0.05, 0.1) is 17.7 Å². The first-order chi connectivity index (χ1) is 13.7. The van der Waals surface area contributed by atoms with Crippen LogP contribution in [0.2, 0.25) is 0 Å². The number of benzene rings is 1. The molecule has 1 amide bonds. The Morgan fingerprint density at radius 3 is 2.75 bits per heavy atom. The Bertz CT molecular complexity index is 887. The van der Waals surface area contributed by atoms with Crippen molar-refractivity contribution in [3.8, 4) is 11.4 Å². The predicted molar refractivity (Wildman–Crippen MR) is 106 cm³/mol. The first-order valence-electron chi connectivity index (χ1n) is 10.2. The first-order valence-corrected chi connectivity index (χ1v) is 10.2. The van der Waals surface area contributed by atoms with Gasteiger partial charge in [0, 0.05) is 43.4 Å². The van der Waals surface area contributed by atoms with E-state index in [1.807, 2.05) is 41.4 Å². The van der Waals surface area contributed by atoms with E-state index in [1.165, 1.54) is 5.56 Å². The van der Waals surface area contributed by atoms with Crippen LogP contribution in [-0.2, 0) is 16.6 Å². The van der Waals surface area contributed by atoms with E-state index >= 15 is 0 Å². The number of aliphatic hydroxyl groups excluding tert-OH is 1. The summed E-state index contributed by atoms with van der Waals surface area (Å²) < 4.78 is 0. The smallest absolute Gasteiger partial charge is 0.233 e. The molecule has 0 saturated carbocycles. The number of rotatable bonds is 3. The third-order valence-electron chi connectivity index (χ3n) is 6.82. The second kappa shape index (κ2) is 6.64. The van der Waals surface area contributed by atoms with Gasteiger partial charge in [-0.25, -0.2) is 9.97 Å². The number of carbonyl (C=O) groups is 1. The first kappa shape index (κ1) is 17.8. The number of nitrogens with one attached hydrogen (secondary N) is 1. The van der Waals surface area contributed by atoms with Crippen molar-refractivity contribution < 1.29 is 9.90 Å². The molecule has 2 fully saturated rings. The lowest BCUT2D eigenvalue weighted by atomic mass is 9.75. The van der Waals surface area contributed by atoms with Crippen LogP contribution in [0, 0.1) is 5.41 Å². The number of amides is 1. The molecule has 2 N–H and O–H groups in total. The van der Waals surface area contributed by atoms with Gasteiger partial charge in [0.1, 0.15) is 0 Å². The molecule has 3 heterocycles. The molecule has 146 valence electrons. The Morgan fingerprint density at radius 2 is 2.04 bits per heavy atom. The molecule has 3 aliphatic rings. The van der Waals surface area contributed by atoms with Gasteiger partial charge < -0.3 is 15.3 Å². The zero-order chi connectivity index (χ0) is 19.2. The Kier molecular flexibility index (Phi) is 4.21. The predicted octanol–water partition coefficient (Wildman–Crippen LogP) is 1.53. The highest BCUT2D eigenvalue weighted by Crippen LogP contribution is 2.45. The maximum atomic E-state index is 13.2. The molecule has 6 nitrogen and oxygen atoms in total. The fourth-order valence-electron chi connectivity index (χ4n) is 5.06. The minimum atomic E-state index is -0.624. The van der Waals surface area contributed by atoms with Crippen LogP contribution < -0.4 is 5.32 Å². The summed E-state index contributed by atoms with van der Waals surface area (Å²) in [7, 11) is 0. The molecule has 0 bridgehead atoms. The average Bonchev–Trinajstić information content (AvgIpc) is 3.05. The third kappa shape index (κ3) is 2.66. The second-order valence-electron chi connectivity index (χ2n) is 8.59. The lowest BCUT2D eigenvalue weighted by Gasteiger charge is -2.47. The summed E-state index contributed by atoms with van der Waals surface area (Å²) in [6, 6.07) is 10.1. The van der Waals surface area contributed by atoms with E-state index in [0.29, 0.717) is 19.6 Å². The number of fused-ring (bicyclic) bond motifs is 2. The lowest BCUT2D eigenvalue weighted by Crippen LogP contribution is -2.65. The summed E-state index contributed by atoms with van der Waals surface area (Å²) in [6.45, 7) is 2.53. The maximum Gasteiger partial charge on any atom is 0.233 e. The molecule has 6 heteroatoms. The summed E-state index contributed by atoms with van der Waals surface area (Å²) in [5.74, 6) is 0.859. The molecule has 1 aromatic carbocycles. The topological polar surface area (TPSA) is 78.4 Å². The summed E-state index contributed by atoms with van der Waals surface area (Å²) in [5.41, 5.74) is 2.67. The van der Waals surface area contributed by atoms with Crippen molar-refractivity contribution in [3.05, 3.63) is 47.8 Å². The van der Waals surface area contributed by atoms with Gasteiger partial charge in [-0.15, -0.1) is 0 Å². The molecular weight excluding hydrogens is 352 g/mol. The van der Waals surface area contributed by atoms with Crippen LogP contribution in [-0.4, -0.2) is 58.7 Å². The molecule has 1 aromatic heterocycles. The van der Waals surface area contributed by atoms with Crippen molar-refractivity contribution in [2.45, 2.75) is 31.1 Å². The quantitative estimate of drug-likeness (QED) is 0.847. The van der Waals surface area contributed by atoms with Gasteiger partial charge in [-0.05, 0) is 31.2 Å². The van der Waals surface area contributed by atoms with Crippen LogP contribution in [0.25, 0.3) is 11.4 Å². The summed E-state index contributed by atoms with van der Waals surface area (Å²) in [4.78, 5) is 24.7. The molecule has 2 aliphatic heterocycles. The summed E-state index contributed by atoms with van der Waals surface area (Å²) >= 11 is 0. The molecule has 1 spiro atoms. The summed E-state index contributed by atoms with van der Waals surface area (Å²) in [6.07, 6.45) is 6.00. The molecule has 1 unspecified atom stereocenters.